The van der Waals surface area contributed by atoms with E-state index in [1.165, 1.54) is 18.6 Å². The van der Waals surface area contributed by atoms with Crippen LogP contribution >= 0.6 is 0 Å². The number of carboxylic acids is 1. The zero-order valence-electron chi connectivity index (χ0n) is 17.5. The van der Waals surface area contributed by atoms with E-state index in [0.29, 0.717) is 21.4 Å². The van der Waals surface area contributed by atoms with Gasteiger partial charge in [0.15, 0.2) is 0 Å². The fourth-order valence-corrected chi connectivity index (χ4v) is 2.54. The van der Waals surface area contributed by atoms with Crippen LogP contribution in [0.4, 0.5) is 30.7 Å². The zero-order chi connectivity index (χ0) is 26.5. The van der Waals surface area contributed by atoms with Gasteiger partial charge in [0.2, 0.25) is 0 Å². The van der Waals surface area contributed by atoms with Crippen LogP contribution in [-0.2, 0) is 11.3 Å². The number of aromatic nitrogens is 6. The topological polar surface area (TPSA) is 134 Å². The second kappa shape index (κ2) is 10.9. The molecular formula is C18H16F7N7O3. The van der Waals surface area contributed by atoms with E-state index in [9.17, 15) is 35.5 Å². The number of aryl methyl sites for hydroxylation is 1. The molecule has 0 atom stereocenters. The molecule has 0 bridgehead atoms. The molecular weight excluding hydrogens is 495 g/mol. The molecule has 190 valence electrons. The maximum Gasteiger partial charge on any atom is 0.490 e. The molecule has 0 aliphatic rings. The van der Waals surface area contributed by atoms with Gasteiger partial charge < -0.3 is 10.8 Å². The van der Waals surface area contributed by atoms with Gasteiger partial charge in [0.25, 0.3) is 6.08 Å². The first-order valence-electron chi connectivity index (χ1n) is 9.23. The van der Waals surface area contributed by atoms with Gasteiger partial charge >= 0.3 is 24.4 Å². The van der Waals surface area contributed by atoms with Crippen molar-refractivity contribution in [1.29, 1.82) is 0 Å². The van der Waals surface area contributed by atoms with Gasteiger partial charge in [-0.3, -0.25) is 0 Å². The van der Waals surface area contributed by atoms with E-state index in [2.05, 4.69) is 15.2 Å². The van der Waals surface area contributed by atoms with Gasteiger partial charge in [-0.1, -0.05) is 0 Å². The molecule has 0 aliphatic carbocycles. The number of aliphatic carboxylic acids is 1. The van der Waals surface area contributed by atoms with Crippen molar-refractivity contribution in [1.82, 2.24) is 29.1 Å². The Morgan fingerprint density at radius 2 is 1.80 bits per heavy atom. The molecule has 17 heteroatoms. The Morgan fingerprint density at radius 3 is 2.26 bits per heavy atom. The van der Waals surface area contributed by atoms with Crippen molar-refractivity contribution < 1.29 is 40.6 Å². The highest BCUT2D eigenvalue weighted by atomic mass is 19.4. The lowest BCUT2D eigenvalue weighted by molar-refractivity contribution is -0.192. The van der Waals surface area contributed by atoms with Gasteiger partial charge in [0, 0.05) is 35.6 Å². The third-order valence-electron chi connectivity index (χ3n) is 4.24. The fourth-order valence-electron chi connectivity index (χ4n) is 2.54. The predicted octanol–water partition coefficient (Wildman–Crippen LogP) is 2.74. The van der Waals surface area contributed by atoms with Crippen molar-refractivity contribution in [3.8, 4) is 16.9 Å². The molecule has 0 amide bonds. The number of pyridine rings is 1. The highest BCUT2D eigenvalue weighted by Crippen LogP contribution is 2.23. The molecule has 0 unspecified atom stereocenters. The first kappa shape index (κ1) is 27.2. The molecule has 0 saturated heterocycles. The monoisotopic (exact) mass is 511 g/mol. The Hall–Kier alpha value is -4.02. The van der Waals surface area contributed by atoms with E-state index >= 15 is 0 Å². The van der Waals surface area contributed by atoms with Crippen LogP contribution in [0.3, 0.4) is 0 Å². The van der Waals surface area contributed by atoms with Crippen LogP contribution in [0.2, 0.25) is 0 Å². The van der Waals surface area contributed by atoms with Gasteiger partial charge in [-0.25, -0.2) is 28.5 Å². The predicted molar refractivity (Wildman–Crippen MR) is 105 cm³/mol. The quantitative estimate of drug-likeness (QED) is 0.486. The summed E-state index contributed by atoms with van der Waals surface area (Å²) in [5.74, 6) is -2.52. The number of carboxylic acid groups (broad SMARTS) is 1. The van der Waals surface area contributed by atoms with Gasteiger partial charge in [-0.15, -0.1) is 0 Å². The number of alkyl halides is 5. The Bertz CT molecular complexity index is 1270. The molecule has 3 N–H and O–H groups in total. The Labute approximate surface area is 190 Å². The number of nitrogens with zero attached hydrogens (tertiary/aromatic N) is 6. The molecule has 0 aliphatic heterocycles. The minimum atomic E-state index is -5.08. The number of rotatable bonds is 6. The standard InChI is InChI=1S/C16H15F4N7O.C2HF3O2/c1-9-2-10(12-5-23-26(7-12)15(19)20)4-22-14(9)25-8-24-27(16(25)28)6-11(3-21)13(17)18;3-2(4,5)1(6)7/h2,4-5,7-8,15H,3,6,21H2,1H3;(H,6,7). The van der Waals surface area contributed by atoms with Gasteiger partial charge in [-0.2, -0.15) is 40.9 Å². The molecule has 3 heterocycles. The number of nitrogens with two attached hydrogens (primary N) is 1. The number of hydrogen-bond donors (Lipinski definition) is 2. The molecule has 0 spiro atoms. The van der Waals surface area contributed by atoms with Crippen LogP contribution < -0.4 is 11.4 Å². The summed E-state index contributed by atoms with van der Waals surface area (Å²) in [5.41, 5.74) is 5.70. The van der Waals surface area contributed by atoms with E-state index in [1.54, 1.807) is 13.0 Å². The van der Waals surface area contributed by atoms with Crippen molar-refractivity contribution in [3.05, 3.63) is 58.7 Å². The average molecular weight is 511 g/mol. The Kier molecular flexibility index (Phi) is 8.51. The third kappa shape index (κ3) is 6.75. The molecule has 10 nitrogen and oxygen atoms in total. The summed E-state index contributed by atoms with van der Waals surface area (Å²) in [4.78, 5) is 25.5. The molecule has 0 aromatic carbocycles. The maximum atomic E-state index is 12.8. The van der Waals surface area contributed by atoms with Crippen LogP contribution in [-0.4, -0.2) is 52.9 Å². The Morgan fingerprint density at radius 1 is 1.17 bits per heavy atom. The summed E-state index contributed by atoms with van der Waals surface area (Å²) in [6.07, 6.45) is -2.02. The van der Waals surface area contributed by atoms with E-state index in [1.807, 2.05) is 0 Å². The average Bonchev–Trinajstić information content (AvgIpc) is 3.39. The van der Waals surface area contributed by atoms with Crippen LogP contribution in [0.15, 0.2) is 47.4 Å². The molecule has 3 aromatic heterocycles. The Balaban J connectivity index is 0.000000540. The summed E-state index contributed by atoms with van der Waals surface area (Å²) < 4.78 is 85.0. The van der Waals surface area contributed by atoms with E-state index in [-0.39, 0.29) is 5.82 Å². The zero-order valence-corrected chi connectivity index (χ0v) is 17.5. The fraction of sp³-hybridized carbons (Fsp3) is 0.278. The number of hydrogen-bond acceptors (Lipinski definition) is 6. The second-order valence-electron chi connectivity index (χ2n) is 6.66. The summed E-state index contributed by atoms with van der Waals surface area (Å²) in [6, 6.07) is 1.64. The van der Waals surface area contributed by atoms with E-state index in [4.69, 9.17) is 15.6 Å². The lowest BCUT2D eigenvalue weighted by atomic mass is 10.1. The SMILES string of the molecule is Cc1cc(-c2cnn(C(F)F)c2)cnc1-n1cnn(CC(CN)=C(F)F)c1=O.O=C(O)C(F)(F)F. The number of halogens is 7. The van der Waals surface area contributed by atoms with Crippen LogP contribution in [0.25, 0.3) is 16.9 Å². The molecule has 0 fully saturated rings. The van der Waals surface area contributed by atoms with Crippen molar-refractivity contribution >= 4 is 5.97 Å². The maximum absolute atomic E-state index is 12.8. The molecule has 3 aromatic rings. The lowest BCUT2D eigenvalue weighted by Crippen LogP contribution is -2.27. The summed E-state index contributed by atoms with van der Waals surface area (Å²) >= 11 is 0. The van der Waals surface area contributed by atoms with Crippen molar-refractivity contribution in [2.45, 2.75) is 26.2 Å². The minimum absolute atomic E-state index is 0.236. The minimum Gasteiger partial charge on any atom is -0.475 e. The van der Waals surface area contributed by atoms with Crippen LogP contribution in [0.1, 0.15) is 12.1 Å². The first-order chi connectivity index (χ1) is 16.3. The smallest absolute Gasteiger partial charge is 0.475 e. The molecule has 35 heavy (non-hydrogen) atoms. The largest absolute Gasteiger partial charge is 0.490 e. The lowest BCUT2D eigenvalue weighted by Gasteiger charge is -2.06. The second-order valence-corrected chi connectivity index (χ2v) is 6.66. The summed E-state index contributed by atoms with van der Waals surface area (Å²) in [7, 11) is 0. The van der Waals surface area contributed by atoms with Gasteiger partial charge in [-0.05, 0) is 18.6 Å². The molecule has 0 saturated carbocycles. The summed E-state index contributed by atoms with van der Waals surface area (Å²) in [5, 5.41) is 14.5. The van der Waals surface area contributed by atoms with Gasteiger partial charge in [0.05, 0.1) is 12.7 Å². The van der Waals surface area contributed by atoms with Crippen LogP contribution in [0, 0.1) is 6.92 Å². The van der Waals surface area contributed by atoms with Crippen LogP contribution in [0.5, 0.6) is 0 Å². The summed E-state index contributed by atoms with van der Waals surface area (Å²) in [6.45, 7) is -1.93. The van der Waals surface area contributed by atoms with E-state index in [0.717, 1.165) is 15.6 Å². The third-order valence-corrected chi connectivity index (χ3v) is 4.24. The van der Waals surface area contributed by atoms with Crippen molar-refractivity contribution in [3.63, 3.8) is 0 Å². The first-order valence-corrected chi connectivity index (χ1v) is 9.23. The highest BCUT2D eigenvalue weighted by molar-refractivity contribution is 5.73. The number of carbonyl (C=O) groups is 1. The van der Waals surface area contributed by atoms with Crippen molar-refractivity contribution in [2.75, 3.05) is 6.54 Å². The van der Waals surface area contributed by atoms with Gasteiger partial charge in [0.1, 0.15) is 12.1 Å². The molecule has 3 rings (SSSR count). The normalized spacial score (nSPS) is 11.3. The van der Waals surface area contributed by atoms with Crippen molar-refractivity contribution in [2.24, 2.45) is 5.73 Å². The molecule has 0 radical (unpaired) electrons. The highest BCUT2D eigenvalue weighted by Gasteiger charge is 2.38. The van der Waals surface area contributed by atoms with E-state index < -0.39 is 49.1 Å².